The number of hydrogen-bond acceptors (Lipinski definition) is 3. The van der Waals surface area contributed by atoms with E-state index in [0.717, 1.165) is 22.9 Å². The average Bonchev–Trinajstić information content (AvgIpc) is 2.49. The molecule has 2 aromatic rings. The first-order chi connectivity index (χ1) is 9.28. The lowest BCUT2D eigenvalue weighted by molar-refractivity contribution is 0.415. The van der Waals surface area contributed by atoms with E-state index in [4.69, 9.17) is 9.47 Å². The van der Waals surface area contributed by atoms with Gasteiger partial charge >= 0.3 is 0 Å². The SMILES string of the molecule is COc1ccc(N(P=O)c2ccc(OC)cc2)cc1. The highest BCUT2D eigenvalue weighted by Crippen LogP contribution is 2.33. The van der Waals surface area contributed by atoms with Crippen molar-refractivity contribution in [1.29, 1.82) is 0 Å². The largest absolute Gasteiger partial charge is 0.497 e. The van der Waals surface area contributed by atoms with Crippen LogP contribution in [0.1, 0.15) is 0 Å². The van der Waals surface area contributed by atoms with Gasteiger partial charge in [0, 0.05) is 0 Å². The standard InChI is InChI=1S/C14H14NO3P/c1-17-13-7-3-11(4-8-13)15(19-16)12-5-9-14(18-2)10-6-12/h3-10H,1-2H3. The van der Waals surface area contributed by atoms with Crippen molar-refractivity contribution in [3.05, 3.63) is 48.5 Å². The van der Waals surface area contributed by atoms with E-state index in [-0.39, 0.29) is 8.61 Å². The van der Waals surface area contributed by atoms with Gasteiger partial charge in [-0.25, -0.2) is 4.57 Å². The molecule has 4 nitrogen and oxygen atoms in total. The summed E-state index contributed by atoms with van der Waals surface area (Å²) in [5.41, 5.74) is 1.64. The molecule has 5 heteroatoms. The second-order valence-electron chi connectivity index (χ2n) is 3.79. The summed E-state index contributed by atoms with van der Waals surface area (Å²) >= 11 is 0. The van der Waals surface area contributed by atoms with Gasteiger partial charge in [-0.15, -0.1) is 0 Å². The minimum Gasteiger partial charge on any atom is -0.497 e. The molecular formula is C14H14NO3P. The molecule has 0 amide bonds. The van der Waals surface area contributed by atoms with Crippen LogP contribution >= 0.6 is 8.61 Å². The first-order valence-electron chi connectivity index (χ1n) is 5.70. The van der Waals surface area contributed by atoms with Gasteiger partial charge in [-0.05, 0) is 48.5 Å². The fourth-order valence-corrected chi connectivity index (χ4v) is 2.15. The normalized spacial score (nSPS) is 10.2. The highest BCUT2D eigenvalue weighted by atomic mass is 31.1. The Balaban J connectivity index is 2.29. The highest BCUT2D eigenvalue weighted by Gasteiger charge is 2.09. The maximum absolute atomic E-state index is 11.4. The lowest BCUT2D eigenvalue weighted by Gasteiger charge is -2.16. The maximum atomic E-state index is 11.4. The molecule has 0 saturated heterocycles. The van der Waals surface area contributed by atoms with E-state index in [1.165, 1.54) is 0 Å². The van der Waals surface area contributed by atoms with Gasteiger partial charge in [0.2, 0.25) is 0 Å². The van der Waals surface area contributed by atoms with Crippen LogP contribution in [0.5, 0.6) is 11.5 Å². The van der Waals surface area contributed by atoms with E-state index in [1.54, 1.807) is 18.9 Å². The summed E-state index contributed by atoms with van der Waals surface area (Å²) in [4.78, 5) is 0. The molecule has 0 aliphatic rings. The second-order valence-corrected chi connectivity index (χ2v) is 4.35. The summed E-state index contributed by atoms with van der Waals surface area (Å²) in [6.45, 7) is 0. The monoisotopic (exact) mass is 275 g/mol. The summed E-state index contributed by atoms with van der Waals surface area (Å²) in [7, 11) is 3.13. The van der Waals surface area contributed by atoms with Gasteiger partial charge in [-0.1, -0.05) is 0 Å². The van der Waals surface area contributed by atoms with E-state index < -0.39 is 0 Å². The van der Waals surface area contributed by atoms with Crippen LogP contribution in [0.2, 0.25) is 0 Å². The predicted molar refractivity (Wildman–Crippen MR) is 75.7 cm³/mol. The second kappa shape index (κ2) is 6.21. The van der Waals surface area contributed by atoms with Crippen LogP contribution in [0, 0.1) is 0 Å². The Morgan fingerprint density at radius 1 is 0.789 bits per heavy atom. The Morgan fingerprint density at radius 3 is 1.42 bits per heavy atom. The number of hydrogen-bond donors (Lipinski definition) is 0. The molecule has 0 unspecified atom stereocenters. The van der Waals surface area contributed by atoms with Gasteiger partial charge in [0.05, 0.1) is 25.6 Å². The molecule has 0 aliphatic heterocycles. The summed E-state index contributed by atoms with van der Waals surface area (Å²) in [6, 6.07) is 14.7. The number of benzene rings is 2. The summed E-state index contributed by atoms with van der Waals surface area (Å²) < 4.78 is 23.2. The zero-order chi connectivity index (χ0) is 13.7. The molecule has 0 aromatic heterocycles. The third-order valence-corrected chi connectivity index (χ3v) is 3.34. The van der Waals surface area contributed by atoms with E-state index >= 15 is 0 Å². The molecule has 19 heavy (non-hydrogen) atoms. The molecule has 0 atom stereocenters. The molecule has 0 aliphatic carbocycles. The van der Waals surface area contributed by atoms with Crippen molar-refractivity contribution in [2.75, 3.05) is 18.9 Å². The Morgan fingerprint density at radius 2 is 1.16 bits per heavy atom. The minimum absolute atomic E-state index is 0.0975. The van der Waals surface area contributed by atoms with Crippen LogP contribution < -0.4 is 14.1 Å². The Bertz CT molecular complexity index is 492. The molecule has 0 radical (unpaired) electrons. The third-order valence-electron chi connectivity index (χ3n) is 2.72. The van der Waals surface area contributed by atoms with Crippen LogP contribution in [0.3, 0.4) is 0 Å². The van der Waals surface area contributed by atoms with Crippen LogP contribution in [0.4, 0.5) is 11.4 Å². The van der Waals surface area contributed by atoms with E-state index in [2.05, 4.69) is 0 Å². The molecule has 0 spiro atoms. The fourth-order valence-electron chi connectivity index (χ4n) is 1.69. The van der Waals surface area contributed by atoms with Crippen LogP contribution in [0.25, 0.3) is 0 Å². The highest BCUT2D eigenvalue weighted by molar-refractivity contribution is 7.26. The van der Waals surface area contributed by atoms with Crippen molar-refractivity contribution in [3.63, 3.8) is 0 Å². The zero-order valence-corrected chi connectivity index (χ0v) is 11.6. The van der Waals surface area contributed by atoms with Gasteiger partial charge in [-0.3, -0.25) is 4.67 Å². The Hall–Kier alpha value is -2.06. The average molecular weight is 275 g/mol. The molecule has 0 heterocycles. The quantitative estimate of drug-likeness (QED) is 0.772. The van der Waals surface area contributed by atoms with Crippen LogP contribution in [0.15, 0.2) is 48.5 Å². The topological polar surface area (TPSA) is 38.8 Å². The van der Waals surface area contributed by atoms with Gasteiger partial charge in [0.25, 0.3) is 8.61 Å². The van der Waals surface area contributed by atoms with Crippen molar-refractivity contribution in [1.82, 2.24) is 0 Å². The zero-order valence-electron chi connectivity index (χ0n) is 10.7. The third kappa shape index (κ3) is 3.04. The number of nitrogens with zero attached hydrogens (tertiary/aromatic N) is 1. The number of rotatable bonds is 5. The van der Waals surface area contributed by atoms with Crippen molar-refractivity contribution < 1.29 is 14.0 Å². The summed E-state index contributed by atoms with van der Waals surface area (Å²) in [5, 5.41) is 0. The van der Waals surface area contributed by atoms with Crippen LogP contribution in [-0.4, -0.2) is 14.2 Å². The van der Waals surface area contributed by atoms with Gasteiger partial charge in [0.15, 0.2) is 0 Å². The molecule has 0 fully saturated rings. The maximum Gasteiger partial charge on any atom is 0.287 e. The Kier molecular flexibility index (Phi) is 4.37. The molecule has 0 bridgehead atoms. The predicted octanol–water partition coefficient (Wildman–Crippen LogP) is 4.05. The molecule has 98 valence electrons. The Labute approximate surface area is 113 Å². The molecule has 2 rings (SSSR count). The van der Waals surface area contributed by atoms with E-state index in [1.807, 2.05) is 48.5 Å². The van der Waals surface area contributed by atoms with Crippen LogP contribution in [-0.2, 0) is 4.57 Å². The van der Waals surface area contributed by atoms with Crippen molar-refractivity contribution in [2.45, 2.75) is 0 Å². The molecule has 2 aromatic carbocycles. The number of anilines is 2. The smallest absolute Gasteiger partial charge is 0.287 e. The summed E-state index contributed by atoms with van der Waals surface area (Å²) in [5.74, 6) is 1.53. The van der Waals surface area contributed by atoms with Gasteiger partial charge in [-0.2, -0.15) is 0 Å². The van der Waals surface area contributed by atoms with Gasteiger partial charge in [0.1, 0.15) is 11.5 Å². The lowest BCUT2D eigenvalue weighted by Crippen LogP contribution is -2.02. The van der Waals surface area contributed by atoms with Crippen molar-refractivity contribution >= 4 is 20.0 Å². The number of methoxy groups -OCH3 is 2. The number of ether oxygens (including phenoxy) is 2. The van der Waals surface area contributed by atoms with E-state index in [9.17, 15) is 4.57 Å². The summed E-state index contributed by atoms with van der Waals surface area (Å²) in [6.07, 6.45) is 0. The fraction of sp³-hybridized carbons (Fsp3) is 0.143. The van der Waals surface area contributed by atoms with E-state index in [0.29, 0.717) is 0 Å². The lowest BCUT2D eigenvalue weighted by atomic mass is 10.2. The molecule has 0 saturated carbocycles. The van der Waals surface area contributed by atoms with Crippen molar-refractivity contribution in [3.8, 4) is 11.5 Å². The first-order valence-corrected chi connectivity index (χ1v) is 6.46. The molecular weight excluding hydrogens is 261 g/mol. The first kappa shape index (κ1) is 13.4. The van der Waals surface area contributed by atoms with Crippen molar-refractivity contribution in [2.24, 2.45) is 0 Å². The van der Waals surface area contributed by atoms with Gasteiger partial charge < -0.3 is 9.47 Å². The minimum atomic E-state index is -0.0975. The molecule has 0 N–H and O–H groups in total.